The molecule has 0 aliphatic carbocycles. The number of rotatable bonds is 5. The molecule has 2 N–H and O–H groups in total. The molecule has 0 radical (unpaired) electrons. The Morgan fingerprint density at radius 3 is 2.36 bits per heavy atom. The molecule has 2 heterocycles. The summed E-state index contributed by atoms with van der Waals surface area (Å²) >= 11 is 2.74. The highest BCUT2D eigenvalue weighted by Crippen LogP contribution is 2.23. The van der Waals surface area contributed by atoms with Gasteiger partial charge in [-0.2, -0.15) is 0 Å². The van der Waals surface area contributed by atoms with Crippen LogP contribution in [0.2, 0.25) is 0 Å². The van der Waals surface area contributed by atoms with Gasteiger partial charge in [-0.25, -0.2) is 0 Å². The van der Waals surface area contributed by atoms with E-state index in [0.717, 1.165) is 5.01 Å². The number of hydrogen-bond donors (Lipinski definition) is 2. The standard InChI is InChI=1S/C17H16N4O2S2/c1-10(2)16-20-21-17(25-16)19-14(22)11-5-7-12(8-6-11)18-15(23)13-4-3-9-24-13/h3-10H,1-2H3,(H,18,23)(H,19,21,22). The fourth-order valence-electron chi connectivity index (χ4n) is 1.99. The number of amides is 2. The third-order valence-corrected chi connectivity index (χ3v) is 5.31. The fraction of sp³-hybridized carbons (Fsp3) is 0.176. The molecule has 128 valence electrons. The average Bonchev–Trinajstić information content (AvgIpc) is 3.27. The van der Waals surface area contributed by atoms with E-state index >= 15 is 0 Å². The van der Waals surface area contributed by atoms with E-state index in [9.17, 15) is 9.59 Å². The molecule has 0 aliphatic rings. The molecule has 0 bridgehead atoms. The van der Waals surface area contributed by atoms with Crippen LogP contribution in [0.4, 0.5) is 10.8 Å². The number of nitrogens with zero attached hydrogens (tertiary/aromatic N) is 2. The van der Waals surface area contributed by atoms with Crippen molar-refractivity contribution in [3.63, 3.8) is 0 Å². The SMILES string of the molecule is CC(C)c1nnc(NC(=O)c2ccc(NC(=O)c3cccs3)cc2)s1. The molecule has 8 heteroatoms. The molecular weight excluding hydrogens is 356 g/mol. The van der Waals surface area contributed by atoms with Crippen molar-refractivity contribution in [2.45, 2.75) is 19.8 Å². The number of nitrogens with one attached hydrogen (secondary N) is 2. The number of carbonyl (C=O) groups is 2. The molecule has 0 saturated heterocycles. The molecular formula is C17H16N4O2S2. The maximum atomic E-state index is 12.3. The molecule has 3 rings (SSSR count). The van der Waals surface area contributed by atoms with Crippen molar-refractivity contribution in [3.05, 3.63) is 57.2 Å². The van der Waals surface area contributed by atoms with Gasteiger partial charge < -0.3 is 5.32 Å². The maximum absolute atomic E-state index is 12.3. The Hall–Kier alpha value is -2.58. The molecule has 3 aromatic rings. The van der Waals surface area contributed by atoms with E-state index in [1.807, 2.05) is 25.3 Å². The second kappa shape index (κ2) is 7.54. The Balaban J connectivity index is 1.63. The van der Waals surface area contributed by atoms with Crippen LogP contribution in [-0.2, 0) is 0 Å². The monoisotopic (exact) mass is 372 g/mol. The molecule has 2 amide bonds. The van der Waals surface area contributed by atoms with E-state index in [0.29, 0.717) is 21.3 Å². The highest BCUT2D eigenvalue weighted by atomic mass is 32.1. The molecule has 0 unspecified atom stereocenters. The minimum absolute atomic E-state index is 0.165. The normalized spacial score (nSPS) is 10.7. The Labute approximate surface area is 152 Å². The summed E-state index contributed by atoms with van der Waals surface area (Å²) in [5.74, 6) is -0.153. The van der Waals surface area contributed by atoms with Gasteiger partial charge in [0.1, 0.15) is 5.01 Å². The van der Waals surface area contributed by atoms with E-state index in [-0.39, 0.29) is 17.7 Å². The van der Waals surface area contributed by atoms with E-state index in [1.165, 1.54) is 22.7 Å². The molecule has 1 aromatic carbocycles. The molecule has 0 atom stereocenters. The quantitative estimate of drug-likeness (QED) is 0.702. The Kier molecular flexibility index (Phi) is 5.20. The van der Waals surface area contributed by atoms with Crippen LogP contribution in [0.3, 0.4) is 0 Å². The zero-order valence-corrected chi connectivity index (χ0v) is 15.3. The third kappa shape index (κ3) is 4.28. The van der Waals surface area contributed by atoms with Crippen LogP contribution in [0, 0.1) is 0 Å². The van der Waals surface area contributed by atoms with Gasteiger partial charge in [-0.05, 0) is 35.7 Å². The van der Waals surface area contributed by atoms with Crippen molar-refractivity contribution in [2.24, 2.45) is 0 Å². The van der Waals surface area contributed by atoms with E-state index in [4.69, 9.17) is 0 Å². The van der Waals surface area contributed by atoms with Crippen LogP contribution in [0.1, 0.15) is 44.8 Å². The number of anilines is 2. The van der Waals surface area contributed by atoms with Gasteiger partial charge in [0.25, 0.3) is 11.8 Å². The lowest BCUT2D eigenvalue weighted by Crippen LogP contribution is -2.13. The Morgan fingerprint density at radius 2 is 1.76 bits per heavy atom. The van der Waals surface area contributed by atoms with E-state index in [1.54, 1.807) is 30.3 Å². The largest absolute Gasteiger partial charge is 0.321 e. The summed E-state index contributed by atoms with van der Waals surface area (Å²) < 4.78 is 0. The number of carbonyl (C=O) groups excluding carboxylic acids is 2. The third-order valence-electron chi connectivity index (χ3n) is 3.30. The maximum Gasteiger partial charge on any atom is 0.265 e. The number of benzene rings is 1. The molecule has 0 spiro atoms. The highest BCUT2D eigenvalue weighted by molar-refractivity contribution is 7.15. The number of hydrogen-bond acceptors (Lipinski definition) is 6. The highest BCUT2D eigenvalue weighted by Gasteiger charge is 2.12. The van der Waals surface area contributed by atoms with Gasteiger partial charge in [-0.1, -0.05) is 31.3 Å². The first kappa shape index (κ1) is 17.2. The van der Waals surface area contributed by atoms with Crippen LogP contribution in [0.25, 0.3) is 0 Å². The van der Waals surface area contributed by atoms with Gasteiger partial charge >= 0.3 is 0 Å². The van der Waals surface area contributed by atoms with Crippen molar-refractivity contribution in [1.82, 2.24) is 10.2 Å². The first-order valence-corrected chi connectivity index (χ1v) is 9.32. The van der Waals surface area contributed by atoms with Crippen molar-refractivity contribution in [3.8, 4) is 0 Å². The molecule has 6 nitrogen and oxygen atoms in total. The van der Waals surface area contributed by atoms with Crippen LogP contribution in [0.5, 0.6) is 0 Å². The van der Waals surface area contributed by atoms with Crippen LogP contribution in [0.15, 0.2) is 41.8 Å². The average molecular weight is 372 g/mol. The molecule has 0 fully saturated rings. The topological polar surface area (TPSA) is 84.0 Å². The molecule has 0 aliphatic heterocycles. The zero-order chi connectivity index (χ0) is 17.8. The second-order valence-electron chi connectivity index (χ2n) is 5.56. The van der Waals surface area contributed by atoms with E-state index in [2.05, 4.69) is 20.8 Å². The lowest BCUT2D eigenvalue weighted by Gasteiger charge is -2.05. The summed E-state index contributed by atoms with van der Waals surface area (Å²) in [6.45, 7) is 4.05. The van der Waals surface area contributed by atoms with Crippen molar-refractivity contribution in [1.29, 1.82) is 0 Å². The molecule has 0 saturated carbocycles. The first-order chi connectivity index (χ1) is 12.0. The second-order valence-corrected chi connectivity index (χ2v) is 7.52. The van der Waals surface area contributed by atoms with Crippen LogP contribution in [-0.4, -0.2) is 22.0 Å². The fourth-order valence-corrected chi connectivity index (χ4v) is 3.35. The van der Waals surface area contributed by atoms with Gasteiger partial charge in [0.05, 0.1) is 4.88 Å². The molecule has 25 heavy (non-hydrogen) atoms. The van der Waals surface area contributed by atoms with E-state index < -0.39 is 0 Å². The first-order valence-electron chi connectivity index (χ1n) is 7.62. The van der Waals surface area contributed by atoms with Crippen LogP contribution >= 0.6 is 22.7 Å². The van der Waals surface area contributed by atoms with Gasteiger partial charge in [0, 0.05) is 17.2 Å². The van der Waals surface area contributed by atoms with Crippen molar-refractivity contribution < 1.29 is 9.59 Å². The lowest BCUT2D eigenvalue weighted by atomic mass is 10.2. The molecule has 2 aromatic heterocycles. The smallest absolute Gasteiger partial charge is 0.265 e. The Bertz CT molecular complexity index is 870. The van der Waals surface area contributed by atoms with Crippen LogP contribution < -0.4 is 10.6 Å². The summed E-state index contributed by atoms with van der Waals surface area (Å²) in [4.78, 5) is 24.9. The van der Waals surface area contributed by atoms with Gasteiger partial charge in [0.15, 0.2) is 0 Å². The lowest BCUT2D eigenvalue weighted by molar-refractivity contribution is 0.102. The summed E-state index contributed by atoms with van der Waals surface area (Å²) in [5.41, 5.74) is 1.11. The zero-order valence-electron chi connectivity index (χ0n) is 13.6. The summed E-state index contributed by atoms with van der Waals surface area (Å²) in [6, 6.07) is 10.3. The minimum atomic E-state index is -0.261. The summed E-state index contributed by atoms with van der Waals surface area (Å²) in [7, 11) is 0. The Morgan fingerprint density at radius 1 is 1.00 bits per heavy atom. The van der Waals surface area contributed by atoms with Gasteiger partial charge in [-0.15, -0.1) is 21.5 Å². The minimum Gasteiger partial charge on any atom is -0.321 e. The number of thiophene rings is 1. The summed E-state index contributed by atoms with van der Waals surface area (Å²) in [5, 5.41) is 16.7. The summed E-state index contributed by atoms with van der Waals surface area (Å²) in [6.07, 6.45) is 0. The number of aromatic nitrogens is 2. The van der Waals surface area contributed by atoms with Gasteiger partial charge in [0.2, 0.25) is 5.13 Å². The predicted octanol–water partition coefficient (Wildman–Crippen LogP) is 4.23. The van der Waals surface area contributed by atoms with Gasteiger partial charge in [-0.3, -0.25) is 14.9 Å². The predicted molar refractivity (Wildman–Crippen MR) is 101 cm³/mol. The van der Waals surface area contributed by atoms with Crippen molar-refractivity contribution in [2.75, 3.05) is 10.6 Å². The van der Waals surface area contributed by atoms with Crippen molar-refractivity contribution >= 4 is 45.3 Å².